The first-order chi connectivity index (χ1) is 5.45. The van der Waals surface area contributed by atoms with E-state index in [1.807, 2.05) is 0 Å². The summed E-state index contributed by atoms with van der Waals surface area (Å²) in [6.45, 7) is 4.78. The molecule has 0 rings (SSSR count). The molecule has 3 heteroatoms. The predicted molar refractivity (Wildman–Crippen MR) is 44.8 cm³/mol. The van der Waals surface area contributed by atoms with Crippen LogP contribution in [0.1, 0.15) is 33.6 Å². The van der Waals surface area contributed by atoms with Crippen molar-refractivity contribution in [1.82, 2.24) is 0 Å². The van der Waals surface area contributed by atoms with E-state index in [2.05, 4.69) is 0 Å². The Morgan fingerprint density at radius 2 is 1.58 bits per heavy atom. The highest BCUT2D eigenvalue weighted by atomic mass is 16.2. The molecule has 0 amide bonds. The number of hydrogen-bond acceptors (Lipinski definition) is 3. The van der Waals surface area contributed by atoms with Crippen LogP contribution in [-0.2, 0) is 14.4 Å². The zero-order chi connectivity index (χ0) is 9.72. The van der Waals surface area contributed by atoms with Gasteiger partial charge in [-0.05, 0) is 0 Å². The maximum Gasteiger partial charge on any atom is 0.198 e. The van der Waals surface area contributed by atoms with Crippen molar-refractivity contribution in [3.05, 3.63) is 0 Å². The molecule has 0 heterocycles. The maximum atomic E-state index is 11.0. The van der Waals surface area contributed by atoms with Gasteiger partial charge in [0, 0.05) is 25.7 Å². The summed E-state index contributed by atoms with van der Waals surface area (Å²) in [7, 11) is 0. The van der Waals surface area contributed by atoms with Crippen LogP contribution in [0, 0.1) is 5.92 Å². The van der Waals surface area contributed by atoms with E-state index in [0.717, 1.165) is 0 Å². The van der Waals surface area contributed by atoms with E-state index in [0.29, 0.717) is 0 Å². The smallest absolute Gasteiger partial charge is 0.198 e. The summed E-state index contributed by atoms with van der Waals surface area (Å²) >= 11 is 0. The van der Waals surface area contributed by atoms with E-state index in [9.17, 15) is 14.4 Å². The fourth-order valence-corrected chi connectivity index (χ4v) is 0.701. The van der Waals surface area contributed by atoms with E-state index >= 15 is 0 Å². The first kappa shape index (κ1) is 11.0. The summed E-state index contributed by atoms with van der Waals surface area (Å²) in [6.07, 6.45) is 0.252. The van der Waals surface area contributed by atoms with Gasteiger partial charge in [0.05, 0.1) is 0 Å². The van der Waals surface area contributed by atoms with Gasteiger partial charge in [-0.2, -0.15) is 0 Å². The third-order valence-corrected chi connectivity index (χ3v) is 1.64. The van der Waals surface area contributed by atoms with Crippen LogP contribution in [0.3, 0.4) is 0 Å². The molecule has 0 saturated heterocycles. The summed E-state index contributed by atoms with van der Waals surface area (Å²) < 4.78 is 0. The Bertz CT molecular complexity index is 204. The summed E-state index contributed by atoms with van der Waals surface area (Å²) in [6, 6.07) is 0. The molecule has 0 spiro atoms. The second-order valence-corrected chi connectivity index (χ2v) is 3.10. The molecule has 0 aliphatic heterocycles. The molecule has 0 N–H and O–H groups in total. The highest BCUT2D eigenvalue weighted by molar-refractivity contribution is 6.36. The molecule has 0 aromatic carbocycles. The van der Waals surface area contributed by atoms with Crippen LogP contribution in [0.4, 0.5) is 0 Å². The normalized spacial score (nSPS) is 10.0. The lowest BCUT2D eigenvalue weighted by atomic mass is 10.0. The minimum Gasteiger partial charge on any atom is -0.299 e. The Kier molecular flexibility index (Phi) is 4.40. The van der Waals surface area contributed by atoms with Gasteiger partial charge < -0.3 is 0 Å². The standard InChI is InChI=1S/C9H14O3/c1-6(2)8(11)4-5-9(12)7(3)10/h6H,4-5H2,1-3H3. The van der Waals surface area contributed by atoms with Crippen LogP contribution in [0.2, 0.25) is 0 Å². The molecule has 0 radical (unpaired) electrons. The molecule has 12 heavy (non-hydrogen) atoms. The van der Waals surface area contributed by atoms with Crippen molar-refractivity contribution in [3.8, 4) is 0 Å². The molecule has 0 aromatic rings. The molecule has 68 valence electrons. The zero-order valence-corrected chi connectivity index (χ0v) is 7.72. The Balaban J connectivity index is 3.77. The van der Waals surface area contributed by atoms with Crippen LogP contribution in [0.15, 0.2) is 0 Å². The fourth-order valence-electron chi connectivity index (χ4n) is 0.701. The Morgan fingerprint density at radius 1 is 1.08 bits per heavy atom. The summed E-state index contributed by atoms with van der Waals surface area (Å²) in [5.41, 5.74) is 0. The topological polar surface area (TPSA) is 51.2 Å². The molecular formula is C9H14O3. The molecule has 0 bridgehead atoms. The van der Waals surface area contributed by atoms with Crippen molar-refractivity contribution in [3.63, 3.8) is 0 Å². The summed E-state index contributed by atoms with van der Waals surface area (Å²) in [5.74, 6) is -0.940. The van der Waals surface area contributed by atoms with Crippen LogP contribution >= 0.6 is 0 Å². The van der Waals surface area contributed by atoms with Gasteiger partial charge >= 0.3 is 0 Å². The number of ketones is 3. The number of carbonyl (C=O) groups excluding carboxylic acids is 3. The van der Waals surface area contributed by atoms with Gasteiger partial charge in [0.15, 0.2) is 11.6 Å². The third-order valence-electron chi connectivity index (χ3n) is 1.64. The van der Waals surface area contributed by atoms with E-state index in [4.69, 9.17) is 0 Å². The molecule has 0 aromatic heterocycles. The zero-order valence-electron chi connectivity index (χ0n) is 7.72. The molecular weight excluding hydrogens is 156 g/mol. The SMILES string of the molecule is CC(=O)C(=O)CCC(=O)C(C)C. The van der Waals surface area contributed by atoms with E-state index in [1.165, 1.54) is 6.92 Å². The van der Waals surface area contributed by atoms with Crippen LogP contribution in [-0.4, -0.2) is 17.3 Å². The fraction of sp³-hybridized carbons (Fsp3) is 0.667. The highest BCUT2D eigenvalue weighted by Gasteiger charge is 2.12. The minimum absolute atomic E-state index is 0.0320. The van der Waals surface area contributed by atoms with Crippen molar-refractivity contribution >= 4 is 17.3 Å². The number of Topliss-reactive ketones (excluding diaryl/α,β-unsaturated/α-hetero) is 3. The molecule has 3 nitrogen and oxygen atoms in total. The molecule has 0 aliphatic rings. The van der Waals surface area contributed by atoms with E-state index in [1.54, 1.807) is 13.8 Å². The quantitative estimate of drug-likeness (QED) is 0.581. The van der Waals surface area contributed by atoms with Crippen LogP contribution in [0.5, 0.6) is 0 Å². The predicted octanol–water partition coefficient (Wildman–Crippen LogP) is 1.15. The lowest BCUT2D eigenvalue weighted by Crippen LogP contribution is -2.14. The second kappa shape index (κ2) is 4.80. The van der Waals surface area contributed by atoms with Crippen molar-refractivity contribution in [2.75, 3.05) is 0 Å². The second-order valence-electron chi connectivity index (χ2n) is 3.10. The van der Waals surface area contributed by atoms with E-state index in [-0.39, 0.29) is 24.5 Å². The average molecular weight is 170 g/mol. The Morgan fingerprint density at radius 3 is 1.92 bits per heavy atom. The number of rotatable bonds is 5. The van der Waals surface area contributed by atoms with Crippen LogP contribution < -0.4 is 0 Å². The lowest BCUT2D eigenvalue weighted by molar-refractivity contribution is -0.136. The lowest BCUT2D eigenvalue weighted by Gasteiger charge is -2.01. The summed E-state index contributed by atoms with van der Waals surface area (Å²) in [5, 5.41) is 0. The van der Waals surface area contributed by atoms with Gasteiger partial charge in [-0.25, -0.2) is 0 Å². The van der Waals surface area contributed by atoms with Gasteiger partial charge in [0.25, 0.3) is 0 Å². The highest BCUT2D eigenvalue weighted by Crippen LogP contribution is 2.02. The average Bonchev–Trinajstić information content (AvgIpc) is 1.98. The molecule has 0 aliphatic carbocycles. The van der Waals surface area contributed by atoms with Gasteiger partial charge in [0.2, 0.25) is 0 Å². The molecule has 0 unspecified atom stereocenters. The summed E-state index contributed by atoms with van der Waals surface area (Å²) in [4.78, 5) is 32.2. The van der Waals surface area contributed by atoms with Crippen molar-refractivity contribution in [2.45, 2.75) is 33.6 Å². The molecule has 0 fully saturated rings. The number of hydrogen-bond donors (Lipinski definition) is 0. The van der Waals surface area contributed by atoms with Gasteiger partial charge in [-0.15, -0.1) is 0 Å². The van der Waals surface area contributed by atoms with Gasteiger partial charge in [-0.3, -0.25) is 14.4 Å². The molecule has 0 saturated carbocycles. The first-order valence-corrected chi connectivity index (χ1v) is 4.01. The first-order valence-electron chi connectivity index (χ1n) is 4.01. The Labute approximate surface area is 72.1 Å². The van der Waals surface area contributed by atoms with Gasteiger partial charge in [0.1, 0.15) is 5.78 Å². The monoisotopic (exact) mass is 170 g/mol. The molecule has 0 atom stereocenters. The third kappa shape index (κ3) is 4.01. The van der Waals surface area contributed by atoms with Crippen LogP contribution in [0.25, 0.3) is 0 Å². The van der Waals surface area contributed by atoms with E-state index < -0.39 is 11.6 Å². The maximum absolute atomic E-state index is 11.0. The van der Waals surface area contributed by atoms with Crippen molar-refractivity contribution in [1.29, 1.82) is 0 Å². The number of carbonyl (C=O) groups is 3. The Hall–Kier alpha value is -0.990. The van der Waals surface area contributed by atoms with Gasteiger partial charge in [-0.1, -0.05) is 13.8 Å². The van der Waals surface area contributed by atoms with Crippen molar-refractivity contribution in [2.24, 2.45) is 5.92 Å². The minimum atomic E-state index is -0.466. The largest absolute Gasteiger partial charge is 0.299 e. The van der Waals surface area contributed by atoms with Crippen molar-refractivity contribution < 1.29 is 14.4 Å².